The molecule has 2 aromatic heterocycles. The molecule has 1 aromatic carbocycles. The van der Waals surface area contributed by atoms with Crippen LogP contribution in [-0.2, 0) is 0 Å². The maximum Gasteiger partial charge on any atom is 0.323 e. The molecular weight excluding hydrogens is 260 g/mol. The van der Waals surface area contributed by atoms with Crippen LogP contribution in [-0.4, -0.2) is 31.3 Å². The van der Waals surface area contributed by atoms with Gasteiger partial charge in [-0.3, -0.25) is 4.79 Å². The molecule has 0 fully saturated rings. The fraction of sp³-hybridized carbons (Fsp3) is 0.167. The van der Waals surface area contributed by atoms with Gasteiger partial charge in [0.05, 0.1) is 23.3 Å². The molecular formula is C12H12N6O2. The van der Waals surface area contributed by atoms with E-state index in [0.717, 1.165) is 11.1 Å². The maximum absolute atomic E-state index is 11.9. The van der Waals surface area contributed by atoms with Crippen molar-refractivity contribution in [3.63, 3.8) is 0 Å². The van der Waals surface area contributed by atoms with Crippen LogP contribution in [0.25, 0.3) is 11.0 Å². The molecule has 8 nitrogen and oxygen atoms in total. The van der Waals surface area contributed by atoms with Crippen LogP contribution in [0.5, 0.6) is 0 Å². The summed E-state index contributed by atoms with van der Waals surface area (Å²) in [6.45, 7) is 1.85. The Morgan fingerprint density at radius 3 is 2.85 bits per heavy atom. The average Bonchev–Trinajstić information content (AvgIpc) is 3.05. The second-order valence-electron chi connectivity index (χ2n) is 4.43. The summed E-state index contributed by atoms with van der Waals surface area (Å²) in [6.07, 6.45) is 1.36. The van der Waals surface area contributed by atoms with Crippen LogP contribution in [0.4, 0.5) is 0 Å². The van der Waals surface area contributed by atoms with Crippen molar-refractivity contribution in [3.8, 4) is 0 Å². The van der Waals surface area contributed by atoms with Crippen LogP contribution in [0.2, 0.25) is 0 Å². The fourth-order valence-electron chi connectivity index (χ4n) is 1.98. The van der Waals surface area contributed by atoms with Gasteiger partial charge in [-0.15, -0.1) is 0 Å². The number of nitrogens with zero attached hydrogens (tertiary/aromatic N) is 2. The molecule has 0 spiro atoms. The first-order valence-electron chi connectivity index (χ1n) is 6.02. The number of imidazole rings is 1. The summed E-state index contributed by atoms with van der Waals surface area (Å²) in [5, 5.41) is 12.5. The van der Waals surface area contributed by atoms with E-state index in [1.807, 2.05) is 19.1 Å². The Labute approximate surface area is 112 Å². The van der Waals surface area contributed by atoms with Gasteiger partial charge in [-0.25, -0.2) is 4.79 Å². The molecule has 4 N–H and O–H groups in total. The molecule has 0 bridgehead atoms. The molecule has 0 radical (unpaired) electrons. The zero-order valence-electron chi connectivity index (χ0n) is 10.6. The monoisotopic (exact) mass is 272 g/mol. The summed E-state index contributed by atoms with van der Waals surface area (Å²) < 4.78 is 0. The molecule has 2 heterocycles. The zero-order valence-corrected chi connectivity index (χ0v) is 10.6. The van der Waals surface area contributed by atoms with E-state index in [2.05, 4.69) is 30.7 Å². The lowest BCUT2D eigenvalue weighted by Crippen LogP contribution is -2.26. The van der Waals surface area contributed by atoms with Crippen LogP contribution in [0.1, 0.15) is 29.0 Å². The number of H-pyrrole nitrogens is 3. The molecule has 3 rings (SSSR count). The third-order valence-corrected chi connectivity index (χ3v) is 3.04. The van der Waals surface area contributed by atoms with Crippen LogP contribution in [0, 0.1) is 0 Å². The minimum atomic E-state index is -0.311. The molecule has 1 atom stereocenters. The van der Waals surface area contributed by atoms with Crippen LogP contribution >= 0.6 is 0 Å². The molecule has 0 aliphatic rings. The van der Waals surface area contributed by atoms with E-state index < -0.39 is 0 Å². The number of amides is 1. The molecule has 8 heteroatoms. The topological polar surface area (TPSA) is 119 Å². The van der Waals surface area contributed by atoms with Crippen molar-refractivity contribution in [3.05, 3.63) is 46.1 Å². The van der Waals surface area contributed by atoms with Crippen molar-refractivity contribution in [2.45, 2.75) is 13.0 Å². The van der Waals surface area contributed by atoms with Crippen LogP contribution < -0.4 is 11.0 Å². The van der Waals surface area contributed by atoms with Gasteiger partial charge in [0.25, 0.3) is 5.91 Å². The summed E-state index contributed by atoms with van der Waals surface area (Å²) in [6, 6.07) is 5.24. The Bertz CT molecular complexity index is 801. The SMILES string of the molecule is CC(NC(=O)c1cn[nH]n1)c1ccc2[nH]c(=O)[nH]c2c1. The number of rotatable bonds is 3. The van der Waals surface area contributed by atoms with E-state index in [1.54, 1.807) is 6.07 Å². The van der Waals surface area contributed by atoms with Gasteiger partial charge in [0, 0.05) is 0 Å². The van der Waals surface area contributed by atoms with E-state index in [0.29, 0.717) is 5.52 Å². The lowest BCUT2D eigenvalue weighted by Gasteiger charge is -2.13. The highest BCUT2D eigenvalue weighted by atomic mass is 16.2. The number of hydrogen-bond donors (Lipinski definition) is 4. The number of fused-ring (bicyclic) bond motifs is 1. The Balaban J connectivity index is 1.83. The Morgan fingerprint density at radius 2 is 2.10 bits per heavy atom. The predicted molar refractivity (Wildman–Crippen MR) is 71.2 cm³/mol. The van der Waals surface area contributed by atoms with Crippen LogP contribution in [0.3, 0.4) is 0 Å². The maximum atomic E-state index is 11.9. The number of carbonyl (C=O) groups excluding carboxylic acids is 1. The van der Waals surface area contributed by atoms with Gasteiger partial charge in [0.15, 0.2) is 5.69 Å². The number of carbonyl (C=O) groups is 1. The lowest BCUT2D eigenvalue weighted by atomic mass is 10.1. The smallest absolute Gasteiger partial charge is 0.323 e. The van der Waals surface area contributed by atoms with Gasteiger partial charge in [-0.05, 0) is 24.6 Å². The first-order valence-corrected chi connectivity index (χ1v) is 6.02. The second kappa shape index (κ2) is 4.65. The third kappa shape index (κ3) is 2.18. The molecule has 3 aromatic rings. The zero-order chi connectivity index (χ0) is 14.1. The largest absolute Gasteiger partial charge is 0.344 e. The Morgan fingerprint density at radius 1 is 1.30 bits per heavy atom. The van der Waals surface area contributed by atoms with E-state index in [-0.39, 0.29) is 23.3 Å². The minimum Gasteiger partial charge on any atom is -0.344 e. The van der Waals surface area contributed by atoms with Gasteiger partial charge in [0.1, 0.15) is 0 Å². The molecule has 20 heavy (non-hydrogen) atoms. The standard InChI is InChI=1S/C12H12N6O2/c1-6(14-11(19)10-5-13-18-17-10)7-2-3-8-9(4-7)16-12(20)15-8/h2-6H,1H3,(H,14,19)(H,13,17,18)(H2,15,16,20). The van der Waals surface area contributed by atoms with E-state index in [9.17, 15) is 9.59 Å². The average molecular weight is 272 g/mol. The van der Waals surface area contributed by atoms with Crippen molar-refractivity contribution in [1.82, 2.24) is 30.7 Å². The minimum absolute atomic E-state index is 0.220. The first-order chi connectivity index (χ1) is 9.63. The number of nitrogens with one attached hydrogen (secondary N) is 4. The van der Waals surface area contributed by atoms with E-state index in [1.165, 1.54) is 6.20 Å². The number of benzene rings is 1. The summed E-state index contributed by atoms with van der Waals surface area (Å²) in [5.74, 6) is -0.311. The Kier molecular flexibility index (Phi) is 2.82. The summed E-state index contributed by atoms with van der Waals surface area (Å²) in [4.78, 5) is 28.4. The number of aromatic nitrogens is 5. The molecule has 102 valence electrons. The van der Waals surface area contributed by atoms with Crippen molar-refractivity contribution < 1.29 is 4.79 Å². The molecule has 0 aliphatic heterocycles. The molecule has 1 unspecified atom stereocenters. The van der Waals surface area contributed by atoms with Gasteiger partial charge in [-0.2, -0.15) is 15.4 Å². The third-order valence-electron chi connectivity index (χ3n) is 3.04. The Hall–Kier alpha value is -2.90. The normalized spacial score (nSPS) is 12.4. The summed E-state index contributed by atoms with van der Waals surface area (Å²) >= 11 is 0. The predicted octanol–water partition coefficient (Wildman–Crippen LogP) is 0.465. The molecule has 0 aliphatic carbocycles. The molecule has 1 amide bonds. The van der Waals surface area contributed by atoms with E-state index in [4.69, 9.17) is 0 Å². The number of aromatic amines is 3. The highest BCUT2D eigenvalue weighted by molar-refractivity contribution is 5.92. The number of hydrogen-bond acceptors (Lipinski definition) is 4. The quantitative estimate of drug-likeness (QED) is 0.553. The highest BCUT2D eigenvalue weighted by Crippen LogP contribution is 2.17. The van der Waals surface area contributed by atoms with Crippen molar-refractivity contribution in [1.29, 1.82) is 0 Å². The van der Waals surface area contributed by atoms with Gasteiger partial charge >= 0.3 is 5.69 Å². The fourth-order valence-corrected chi connectivity index (χ4v) is 1.98. The van der Waals surface area contributed by atoms with Crippen molar-refractivity contribution >= 4 is 16.9 Å². The first kappa shape index (κ1) is 12.2. The van der Waals surface area contributed by atoms with Crippen molar-refractivity contribution in [2.75, 3.05) is 0 Å². The van der Waals surface area contributed by atoms with Gasteiger partial charge in [-0.1, -0.05) is 6.07 Å². The van der Waals surface area contributed by atoms with Gasteiger partial charge < -0.3 is 15.3 Å². The van der Waals surface area contributed by atoms with Crippen LogP contribution in [0.15, 0.2) is 29.2 Å². The molecule has 0 saturated carbocycles. The van der Waals surface area contributed by atoms with Gasteiger partial charge in [0.2, 0.25) is 0 Å². The summed E-state index contributed by atoms with van der Waals surface area (Å²) in [7, 11) is 0. The lowest BCUT2D eigenvalue weighted by molar-refractivity contribution is 0.0935. The van der Waals surface area contributed by atoms with E-state index >= 15 is 0 Å². The summed E-state index contributed by atoms with van der Waals surface area (Å²) in [5.41, 5.74) is 2.29. The second-order valence-corrected chi connectivity index (χ2v) is 4.43. The van der Waals surface area contributed by atoms with Crippen molar-refractivity contribution in [2.24, 2.45) is 0 Å². The highest BCUT2D eigenvalue weighted by Gasteiger charge is 2.14. The molecule has 0 saturated heterocycles.